The van der Waals surface area contributed by atoms with Crippen LogP contribution in [-0.2, 0) is 0 Å². The summed E-state index contributed by atoms with van der Waals surface area (Å²) in [6.45, 7) is 0. The maximum atomic E-state index is 13.2. The molecular weight excluding hydrogens is 468 g/mol. The van der Waals surface area contributed by atoms with E-state index >= 15 is 0 Å². The number of amides is 1. The lowest BCUT2D eigenvalue weighted by Crippen LogP contribution is -2.15. The van der Waals surface area contributed by atoms with E-state index in [4.69, 9.17) is 0 Å². The minimum Gasteiger partial charge on any atom is -0.313 e. The third-order valence-corrected chi connectivity index (χ3v) is 6.11. The second-order valence-corrected chi connectivity index (χ2v) is 8.36. The van der Waals surface area contributed by atoms with Gasteiger partial charge in [-0.25, -0.2) is 0 Å². The summed E-state index contributed by atoms with van der Waals surface area (Å²) in [7, 11) is 0. The molecule has 0 radical (unpaired) electrons. The van der Waals surface area contributed by atoms with Gasteiger partial charge in [0.15, 0.2) is 5.43 Å². The number of nitro benzene ring substituents is 1. The number of halogens is 1. The molecule has 0 unspecified atom stereocenters. The zero-order valence-corrected chi connectivity index (χ0v) is 17.7. The maximum Gasteiger partial charge on any atom is 0.269 e. The molecule has 1 N–H and O–H groups in total. The number of nitrogens with zero attached hydrogens (tertiary/aromatic N) is 1. The van der Waals surface area contributed by atoms with Crippen LogP contribution in [0.25, 0.3) is 21.2 Å². The number of carbonyl (C=O) groups excluding carboxylic acids is 1. The first-order chi connectivity index (χ1) is 14.4. The van der Waals surface area contributed by atoms with Crippen molar-refractivity contribution in [2.45, 2.75) is 0 Å². The highest BCUT2D eigenvalue weighted by Gasteiger charge is 2.18. The van der Waals surface area contributed by atoms with Crippen LogP contribution in [0, 0.1) is 10.1 Å². The van der Waals surface area contributed by atoms with E-state index in [0.29, 0.717) is 21.5 Å². The van der Waals surface area contributed by atoms with Gasteiger partial charge in [-0.1, -0.05) is 40.2 Å². The van der Waals surface area contributed by atoms with Gasteiger partial charge in [0.2, 0.25) is 0 Å². The van der Waals surface area contributed by atoms with Crippen LogP contribution in [0.15, 0.2) is 82.1 Å². The first-order valence-corrected chi connectivity index (χ1v) is 10.4. The van der Waals surface area contributed by atoms with Gasteiger partial charge >= 0.3 is 0 Å². The van der Waals surface area contributed by atoms with E-state index < -0.39 is 10.8 Å². The molecular formula is C22H13BrN2O4S. The molecule has 1 amide bonds. The van der Waals surface area contributed by atoms with Crippen LogP contribution >= 0.6 is 27.3 Å². The zero-order valence-electron chi connectivity index (χ0n) is 15.3. The van der Waals surface area contributed by atoms with Crippen LogP contribution in [0.4, 0.5) is 10.7 Å². The van der Waals surface area contributed by atoms with Crippen molar-refractivity contribution in [1.82, 2.24) is 0 Å². The molecule has 0 aliphatic heterocycles. The number of nitrogens with one attached hydrogen (secondary N) is 1. The van der Waals surface area contributed by atoms with Crippen molar-refractivity contribution in [2.75, 3.05) is 5.32 Å². The average Bonchev–Trinajstić information content (AvgIpc) is 2.75. The minimum atomic E-state index is -0.525. The molecule has 148 valence electrons. The molecule has 8 heteroatoms. The number of hydrogen-bond donors (Lipinski definition) is 1. The fourth-order valence-corrected chi connectivity index (χ4v) is 4.38. The quantitative estimate of drug-likeness (QED) is 0.293. The Morgan fingerprint density at radius 1 is 0.967 bits per heavy atom. The number of carbonyl (C=O) groups is 1. The molecule has 0 aliphatic rings. The van der Waals surface area contributed by atoms with E-state index in [-0.39, 0.29) is 16.7 Å². The largest absolute Gasteiger partial charge is 0.313 e. The lowest BCUT2D eigenvalue weighted by atomic mass is 10.1. The lowest BCUT2D eigenvalue weighted by Gasteiger charge is -2.12. The standard InChI is InChI=1S/C22H13BrN2O4S/c23-15-9-5-13(6-10-15)19-20(26)17-3-1-2-4-18(17)30-22(19)24-21(27)14-7-11-16(12-8-14)25(28)29/h1-12H,(H,24,27). The van der Waals surface area contributed by atoms with E-state index in [9.17, 15) is 19.7 Å². The fourth-order valence-electron chi connectivity index (χ4n) is 3.02. The van der Waals surface area contributed by atoms with Gasteiger partial charge in [0.05, 0.1) is 10.5 Å². The summed E-state index contributed by atoms with van der Waals surface area (Å²) in [5.74, 6) is -0.450. The zero-order chi connectivity index (χ0) is 21.3. The number of fused-ring (bicyclic) bond motifs is 1. The van der Waals surface area contributed by atoms with Gasteiger partial charge in [0, 0.05) is 32.3 Å². The van der Waals surface area contributed by atoms with Crippen molar-refractivity contribution in [2.24, 2.45) is 0 Å². The number of anilines is 1. The van der Waals surface area contributed by atoms with Gasteiger partial charge < -0.3 is 5.32 Å². The van der Waals surface area contributed by atoms with E-state index in [1.807, 2.05) is 36.4 Å². The van der Waals surface area contributed by atoms with Gasteiger partial charge in [-0.15, -0.1) is 11.3 Å². The van der Waals surface area contributed by atoms with Crippen LogP contribution < -0.4 is 10.7 Å². The molecule has 3 aromatic carbocycles. The molecule has 0 bridgehead atoms. The van der Waals surface area contributed by atoms with Crippen LogP contribution in [0.5, 0.6) is 0 Å². The molecule has 4 rings (SSSR count). The summed E-state index contributed by atoms with van der Waals surface area (Å²) in [6.07, 6.45) is 0. The Bertz CT molecular complexity index is 1330. The number of nitro groups is 1. The molecule has 0 spiro atoms. The highest BCUT2D eigenvalue weighted by atomic mass is 79.9. The summed E-state index contributed by atoms with van der Waals surface area (Å²) < 4.78 is 1.63. The minimum absolute atomic E-state index is 0.0996. The molecule has 1 heterocycles. The normalized spacial score (nSPS) is 10.7. The molecule has 6 nitrogen and oxygen atoms in total. The smallest absolute Gasteiger partial charge is 0.269 e. The van der Waals surface area contributed by atoms with Gasteiger partial charge in [0.1, 0.15) is 5.00 Å². The van der Waals surface area contributed by atoms with Crippen LogP contribution in [0.2, 0.25) is 0 Å². The summed E-state index contributed by atoms with van der Waals surface area (Å²) in [5.41, 5.74) is 1.07. The highest BCUT2D eigenvalue weighted by Crippen LogP contribution is 2.34. The third-order valence-electron chi connectivity index (χ3n) is 4.50. The Morgan fingerprint density at radius 2 is 1.63 bits per heavy atom. The fraction of sp³-hybridized carbons (Fsp3) is 0. The first kappa shape index (κ1) is 19.9. The van der Waals surface area contributed by atoms with Gasteiger partial charge in [-0.3, -0.25) is 19.7 Å². The molecule has 0 atom stereocenters. The number of hydrogen-bond acceptors (Lipinski definition) is 5. The Morgan fingerprint density at radius 3 is 2.30 bits per heavy atom. The number of non-ortho nitro benzene ring substituents is 1. The Kier molecular flexibility index (Phi) is 5.43. The summed E-state index contributed by atoms with van der Waals surface area (Å²) in [6, 6.07) is 19.8. The predicted octanol–water partition coefficient (Wildman–Crippen LogP) is 5.85. The summed E-state index contributed by atoms with van der Waals surface area (Å²) >= 11 is 4.69. The van der Waals surface area contributed by atoms with Gasteiger partial charge in [0.25, 0.3) is 11.6 Å². The van der Waals surface area contributed by atoms with Crippen LogP contribution in [0.1, 0.15) is 10.4 Å². The van der Waals surface area contributed by atoms with Crippen LogP contribution in [-0.4, -0.2) is 10.8 Å². The second-order valence-electron chi connectivity index (χ2n) is 6.40. The van der Waals surface area contributed by atoms with Crippen molar-refractivity contribution in [3.8, 4) is 11.1 Å². The lowest BCUT2D eigenvalue weighted by molar-refractivity contribution is -0.384. The van der Waals surface area contributed by atoms with Crippen LogP contribution in [0.3, 0.4) is 0 Å². The Hall–Kier alpha value is -3.36. The molecule has 0 saturated carbocycles. The Labute approximate surface area is 183 Å². The summed E-state index contributed by atoms with van der Waals surface area (Å²) in [4.78, 5) is 36.3. The van der Waals surface area contributed by atoms with Crippen molar-refractivity contribution in [3.63, 3.8) is 0 Å². The van der Waals surface area contributed by atoms with E-state index in [2.05, 4.69) is 21.2 Å². The van der Waals surface area contributed by atoms with E-state index in [1.54, 1.807) is 12.1 Å². The molecule has 1 aromatic heterocycles. The van der Waals surface area contributed by atoms with E-state index in [0.717, 1.165) is 9.17 Å². The van der Waals surface area contributed by atoms with Gasteiger partial charge in [-0.05, 0) is 42.0 Å². The van der Waals surface area contributed by atoms with Crippen molar-refractivity contribution in [1.29, 1.82) is 0 Å². The Balaban J connectivity index is 1.81. The number of benzene rings is 3. The first-order valence-electron chi connectivity index (χ1n) is 8.81. The summed E-state index contributed by atoms with van der Waals surface area (Å²) in [5, 5.41) is 14.6. The van der Waals surface area contributed by atoms with Crippen molar-refractivity contribution < 1.29 is 9.72 Å². The molecule has 30 heavy (non-hydrogen) atoms. The van der Waals surface area contributed by atoms with Gasteiger partial charge in [-0.2, -0.15) is 0 Å². The maximum absolute atomic E-state index is 13.2. The van der Waals surface area contributed by atoms with Crippen molar-refractivity contribution in [3.05, 3.63) is 103 Å². The molecule has 0 fully saturated rings. The topological polar surface area (TPSA) is 89.3 Å². The third kappa shape index (κ3) is 3.87. The number of rotatable bonds is 4. The predicted molar refractivity (Wildman–Crippen MR) is 122 cm³/mol. The van der Waals surface area contributed by atoms with E-state index in [1.165, 1.54) is 35.6 Å². The van der Waals surface area contributed by atoms with Crippen molar-refractivity contribution >= 4 is 53.9 Å². The highest BCUT2D eigenvalue weighted by molar-refractivity contribution is 9.10. The average molecular weight is 481 g/mol. The molecule has 0 saturated heterocycles. The molecule has 0 aliphatic carbocycles. The SMILES string of the molecule is O=C(Nc1sc2ccccc2c(=O)c1-c1ccc(Br)cc1)c1ccc([N+](=O)[O-])cc1. The monoisotopic (exact) mass is 480 g/mol. The molecule has 4 aromatic rings. The second kappa shape index (κ2) is 8.17.